The number of pyridine rings is 1. The second kappa shape index (κ2) is 3.18. The molecule has 1 aliphatic rings. The first-order valence-corrected chi connectivity index (χ1v) is 5.71. The minimum atomic E-state index is 0.104. The molecular formula is C15H15N. The normalized spacial score (nSPS) is 16.4. The summed E-state index contributed by atoms with van der Waals surface area (Å²) in [6.45, 7) is 4.59. The SMILES string of the molecule is CC1(C)c2ccccc2Cc2cnccc21. The van der Waals surface area contributed by atoms with Crippen LogP contribution in [0, 0.1) is 0 Å². The van der Waals surface area contributed by atoms with Gasteiger partial charge in [0, 0.05) is 17.8 Å². The van der Waals surface area contributed by atoms with Crippen LogP contribution < -0.4 is 0 Å². The van der Waals surface area contributed by atoms with Gasteiger partial charge in [0.25, 0.3) is 0 Å². The van der Waals surface area contributed by atoms with E-state index in [1.54, 1.807) is 0 Å². The molecule has 0 saturated carbocycles. The highest BCUT2D eigenvalue weighted by molar-refractivity contribution is 5.51. The van der Waals surface area contributed by atoms with Crippen LogP contribution in [0.4, 0.5) is 0 Å². The van der Waals surface area contributed by atoms with Crippen molar-refractivity contribution in [2.24, 2.45) is 0 Å². The molecule has 0 amide bonds. The average molecular weight is 209 g/mol. The Morgan fingerprint density at radius 3 is 2.62 bits per heavy atom. The Morgan fingerprint density at radius 1 is 1.00 bits per heavy atom. The molecule has 3 rings (SSSR count). The minimum Gasteiger partial charge on any atom is -0.264 e. The van der Waals surface area contributed by atoms with Crippen LogP contribution in [0.15, 0.2) is 42.7 Å². The third-order valence-electron chi connectivity index (χ3n) is 3.65. The summed E-state index contributed by atoms with van der Waals surface area (Å²) < 4.78 is 0. The lowest BCUT2D eigenvalue weighted by molar-refractivity contribution is 0.609. The molecule has 2 aromatic rings. The van der Waals surface area contributed by atoms with E-state index in [-0.39, 0.29) is 5.41 Å². The van der Waals surface area contributed by atoms with Gasteiger partial charge in [0.15, 0.2) is 0 Å². The molecule has 1 aromatic carbocycles. The van der Waals surface area contributed by atoms with Gasteiger partial charge in [-0.25, -0.2) is 0 Å². The molecule has 1 aliphatic carbocycles. The number of hydrogen-bond acceptors (Lipinski definition) is 1. The highest BCUT2D eigenvalue weighted by Gasteiger charge is 2.31. The zero-order valence-corrected chi connectivity index (χ0v) is 9.70. The van der Waals surface area contributed by atoms with E-state index in [2.05, 4.69) is 49.2 Å². The number of rotatable bonds is 0. The highest BCUT2D eigenvalue weighted by atomic mass is 14.6. The first-order valence-electron chi connectivity index (χ1n) is 5.71. The zero-order valence-electron chi connectivity index (χ0n) is 9.70. The first-order chi connectivity index (χ1) is 7.69. The molecule has 1 heteroatoms. The molecule has 0 unspecified atom stereocenters. The fraction of sp³-hybridized carbons (Fsp3) is 0.267. The first kappa shape index (κ1) is 9.59. The molecule has 0 bridgehead atoms. The van der Waals surface area contributed by atoms with Crippen molar-refractivity contribution >= 4 is 0 Å². The van der Waals surface area contributed by atoms with Gasteiger partial charge in [-0.05, 0) is 34.7 Å². The van der Waals surface area contributed by atoms with Crippen molar-refractivity contribution in [2.75, 3.05) is 0 Å². The molecule has 0 aliphatic heterocycles. The quantitative estimate of drug-likeness (QED) is 0.648. The maximum atomic E-state index is 4.24. The van der Waals surface area contributed by atoms with Gasteiger partial charge < -0.3 is 0 Å². The van der Waals surface area contributed by atoms with E-state index in [4.69, 9.17) is 0 Å². The Labute approximate surface area is 96.2 Å². The largest absolute Gasteiger partial charge is 0.264 e. The molecule has 0 saturated heterocycles. The van der Waals surface area contributed by atoms with Crippen LogP contribution in [-0.2, 0) is 11.8 Å². The van der Waals surface area contributed by atoms with E-state index in [1.807, 2.05) is 12.4 Å². The molecule has 16 heavy (non-hydrogen) atoms. The monoisotopic (exact) mass is 209 g/mol. The Kier molecular flexibility index (Phi) is 1.90. The fourth-order valence-corrected chi connectivity index (χ4v) is 2.81. The van der Waals surface area contributed by atoms with Crippen LogP contribution in [-0.4, -0.2) is 4.98 Å². The van der Waals surface area contributed by atoms with E-state index in [0.29, 0.717) is 0 Å². The smallest absolute Gasteiger partial charge is 0.0306 e. The molecule has 80 valence electrons. The number of benzene rings is 1. The van der Waals surface area contributed by atoms with E-state index < -0.39 is 0 Å². The molecule has 1 aromatic heterocycles. The second-order valence-corrected chi connectivity index (χ2v) is 4.99. The van der Waals surface area contributed by atoms with Crippen LogP contribution in [0.25, 0.3) is 0 Å². The standard InChI is InChI=1S/C15H15N/c1-15(2)13-6-4-3-5-11(13)9-12-10-16-8-7-14(12)15/h3-8,10H,9H2,1-2H3. The summed E-state index contributed by atoms with van der Waals surface area (Å²) in [4.78, 5) is 4.24. The minimum absolute atomic E-state index is 0.104. The number of fused-ring (bicyclic) bond motifs is 2. The third-order valence-corrected chi connectivity index (χ3v) is 3.65. The molecule has 1 nitrogen and oxygen atoms in total. The fourth-order valence-electron chi connectivity index (χ4n) is 2.81. The van der Waals surface area contributed by atoms with E-state index in [9.17, 15) is 0 Å². The Bertz CT molecular complexity index is 493. The molecule has 0 spiro atoms. The maximum absolute atomic E-state index is 4.24. The predicted octanol–water partition coefficient (Wildman–Crippen LogP) is 3.31. The van der Waals surface area contributed by atoms with Crippen molar-refractivity contribution in [2.45, 2.75) is 25.7 Å². The predicted molar refractivity (Wildman–Crippen MR) is 65.6 cm³/mol. The zero-order chi connectivity index (χ0) is 11.2. The molecular weight excluding hydrogens is 194 g/mol. The van der Waals surface area contributed by atoms with E-state index in [1.165, 1.54) is 22.3 Å². The van der Waals surface area contributed by atoms with Crippen molar-refractivity contribution in [3.05, 3.63) is 65.0 Å². The van der Waals surface area contributed by atoms with Gasteiger partial charge in [0.1, 0.15) is 0 Å². The van der Waals surface area contributed by atoms with Crippen LogP contribution in [0.3, 0.4) is 0 Å². The Morgan fingerprint density at radius 2 is 1.75 bits per heavy atom. The van der Waals surface area contributed by atoms with Gasteiger partial charge in [-0.1, -0.05) is 38.1 Å². The Balaban J connectivity index is 2.28. The van der Waals surface area contributed by atoms with Crippen molar-refractivity contribution in [3.8, 4) is 0 Å². The van der Waals surface area contributed by atoms with Crippen molar-refractivity contribution in [1.29, 1.82) is 0 Å². The summed E-state index contributed by atoms with van der Waals surface area (Å²) in [6.07, 6.45) is 4.92. The van der Waals surface area contributed by atoms with Crippen LogP contribution in [0.5, 0.6) is 0 Å². The van der Waals surface area contributed by atoms with Gasteiger partial charge in [-0.3, -0.25) is 4.98 Å². The Hall–Kier alpha value is -1.63. The lowest BCUT2D eigenvalue weighted by atomic mass is 9.69. The molecule has 0 fully saturated rings. The summed E-state index contributed by atoms with van der Waals surface area (Å²) in [7, 11) is 0. The maximum Gasteiger partial charge on any atom is 0.0306 e. The van der Waals surface area contributed by atoms with E-state index in [0.717, 1.165) is 6.42 Å². The van der Waals surface area contributed by atoms with Crippen molar-refractivity contribution in [3.63, 3.8) is 0 Å². The van der Waals surface area contributed by atoms with E-state index >= 15 is 0 Å². The molecule has 0 radical (unpaired) electrons. The van der Waals surface area contributed by atoms with Crippen LogP contribution in [0.2, 0.25) is 0 Å². The summed E-state index contributed by atoms with van der Waals surface area (Å²) in [6, 6.07) is 10.9. The average Bonchev–Trinajstić information content (AvgIpc) is 2.29. The number of hydrogen-bond donors (Lipinski definition) is 0. The van der Waals surface area contributed by atoms with Crippen LogP contribution >= 0.6 is 0 Å². The molecule has 0 N–H and O–H groups in total. The van der Waals surface area contributed by atoms with Gasteiger partial charge in [0.2, 0.25) is 0 Å². The molecule has 1 heterocycles. The second-order valence-electron chi connectivity index (χ2n) is 4.99. The summed E-state index contributed by atoms with van der Waals surface area (Å²) in [5, 5.41) is 0. The third kappa shape index (κ3) is 1.21. The van der Waals surface area contributed by atoms with Gasteiger partial charge in [0.05, 0.1) is 0 Å². The van der Waals surface area contributed by atoms with Gasteiger partial charge in [-0.15, -0.1) is 0 Å². The van der Waals surface area contributed by atoms with Crippen LogP contribution in [0.1, 0.15) is 36.1 Å². The van der Waals surface area contributed by atoms with Gasteiger partial charge >= 0.3 is 0 Å². The summed E-state index contributed by atoms with van der Waals surface area (Å²) >= 11 is 0. The van der Waals surface area contributed by atoms with Crippen molar-refractivity contribution < 1.29 is 0 Å². The van der Waals surface area contributed by atoms with Crippen molar-refractivity contribution in [1.82, 2.24) is 4.98 Å². The molecule has 0 atom stereocenters. The highest BCUT2D eigenvalue weighted by Crippen LogP contribution is 2.40. The summed E-state index contributed by atoms with van der Waals surface area (Å²) in [5.74, 6) is 0. The number of nitrogens with zero attached hydrogens (tertiary/aromatic N) is 1. The topological polar surface area (TPSA) is 12.9 Å². The summed E-state index contributed by atoms with van der Waals surface area (Å²) in [5.41, 5.74) is 5.78. The lowest BCUT2D eigenvalue weighted by Gasteiger charge is -2.34. The number of aromatic nitrogens is 1. The lowest BCUT2D eigenvalue weighted by Crippen LogP contribution is -2.26. The van der Waals surface area contributed by atoms with Gasteiger partial charge in [-0.2, -0.15) is 0 Å².